The minimum atomic E-state index is -1.43. The van der Waals surface area contributed by atoms with Gasteiger partial charge in [0.05, 0.1) is 12.7 Å². The van der Waals surface area contributed by atoms with Crippen molar-refractivity contribution in [1.82, 2.24) is 0 Å². The Hall–Kier alpha value is -1.28. The van der Waals surface area contributed by atoms with E-state index in [4.69, 9.17) is 9.47 Å². The highest BCUT2D eigenvalue weighted by molar-refractivity contribution is 7.12. The molecule has 0 saturated carbocycles. The first-order valence-electron chi connectivity index (χ1n) is 9.42. The van der Waals surface area contributed by atoms with Crippen LogP contribution in [0.3, 0.4) is 0 Å². The van der Waals surface area contributed by atoms with Crippen LogP contribution in [-0.2, 0) is 34.7 Å². The van der Waals surface area contributed by atoms with E-state index in [1.807, 2.05) is 17.4 Å². The molecule has 0 radical (unpaired) electrons. The lowest BCUT2D eigenvalue weighted by atomic mass is 9.86. The van der Waals surface area contributed by atoms with Gasteiger partial charge in [-0.3, -0.25) is 0 Å². The van der Waals surface area contributed by atoms with Crippen LogP contribution in [0.25, 0.3) is 0 Å². The number of aliphatic hydroxyl groups excluding tert-OH is 3. The van der Waals surface area contributed by atoms with Crippen molar-refractivity contribution in [3.8, 4) is 0 Å². The largest absolute Gasteiger partial charge is 0.388 e. The molecule has 1 saturated heterocycles. The van der Waals surface area contributed by atoms with Gasteiger partial charge in [-0.05, 0) is 55.2 Å². The highest BCUT2D eigenvalue weighted by Gasteiger charge is 2.57. The molecule has 6 heteroatoms. The summed E-state index contributed by atoms with van der Waals surface area (Å²) in [5, 5.41) is 31.0. The first-order chi connectivity index (χ1) is 12.9. The maximum Gasteiger partial charge on any atom is 0.225 e. The van der Waals surface area contributed by atoms with E-state index in [2.05, 4.69) is 32.0 Å². The summed E-state index contributed by atoms with van der Waals surface area (Å²) in [6.07, 6.45) is -2.65. The van der Waals surface area contributed by atoms with Gasteiger partial charge in [0.25, 0.3) is 0 Å². The number of thiophene rings is 1. The molecule has 0 aliphatic carbocycles. The van der Waals surface area contributed by atoms with Crippen molar-refractivity contribution in [2.24, 2.45) is 0 Å². The van der Waals surface area contributed by atoms with Crippen LogP contribution in [-0.4, -0.2) is 39.7 Å². The Labute approximate surface area is 163 Å². The Bertz CT molecular complexity index is 847. The van der Waals surface area contributed by atoms with Gasteiger partial charge in [0.2, 0.25) is 5.79 Å². The zero-order valence-electron chi connectivity index (χ0n) is 15.8. The zero-order chi connectivity index (χ0) is 19.3. The summed E-state index contributed by atoms with van der Waals surface area (Å²) in [4.78, 5) is 2.65. The summed E-state index contributed by atoms with van der Waals surface area (Å²) >= 11 is 1.81. The third-order valence-corrected chi connectivity index (χ3v) is 6.94. The molecule has 5 nitrogen and oxygen atoms in total. The van der Waals surface area contributed by atoms with Gasteiger partial charge in [0.15, 0.2) is 0 Å². The van der Waals surface area contributed by atoms with Crippen molar-refractivity contribution in [3.63, 3.8) is 0 Å². The first-order valence-corrected chi connectivity index (χ1v) is 10.2. The molecule has 0 unspecified atom stereocenters. The van der Waals surface area contributed by atoms with E-state index >= 15 is 0 Å². The van der Waals surface area contributed by atoms with Crippen LogP contribution in [0.5, 0.6) is 0 Å². The summed E-state index contributed by atoms with van der Waals surface area (Å²) in [5.74, 6) is -1.43. The molecular formula is C21H26O5S. The second-order valence-corrected chi connectivity index (χ2v) is 8.79. The maximum atomic E-state index is 10.7. The summed E-state index contributed by atoms with van der Waals surface area (Å²) in [6, 6.07) is 8.44. The Morgan fingerprint density at radius 3 is 2.59 bits per heavy atom. The summed E-state index contributed by atoms with van der Waals surface area (Å²) < 4.78 is 11.8. The van der Waals surface area contributed by atoms with E-state index in [1.165, 1.54) is 15.3 Å². The number of hydrogen-bond acceptors (Lipinski definition) is 6. The fraction of sp³-hybridized carbons (Fsp3) is 0.524. The second kappa shape index (κ2) is 6.95. The van der Waals surface area contributed by atoms with Gasteiger partial charge in [-0.2, -0.15) is 0 Å². The first kappa shape index (κ1) is 19.1. The third kappa shape index (κ3) is 3.05. The second-order valence-electron chi connectivity index (χ2n) is 7.54. The standard InChI is InChI=1S/C21H26O5S/c1-4-15-5-6-16(27-15)8-13-9-17-14(7-11(13)2)10-25-21(17)20(24)19(23)18(22)12(3)26-21/h5-7,9,12,18-20,22-24H,4,8,10H2,1-3H3/t12-,18-,19+,20-,21+/m1/s1. The van der Waals surface area contributed by atoms with Gasteiger partial charge in [0, 0.05) is 21.7 Å². The van der Waals surface area contributed by atoms with E-state index in [0.717, 1.165) is 29.5 Å². The van der Waals surface area contributed by atoms with Gasteiger partial charge >= 0.3 is 0 Å². The van der Waals surface area contributed by atoms with Gasteiger partial charge in [0.1, 0.15) is 18.3 Å². The normalized spacial score (nSPS) is 32.8. The fourth-order valence-corrected chi connectivity index (χ4v) is 5.03. The van der Waals surface area contributed by atoms with Crippen molar-refractivity contribution in [1.29, 1.82) is 0 Å². The van der Waals surface area contributed by atoms with Gasteiger partial charge < -0.3 is 24.8 Å². The average Bonchev–Trinajstić information content (AvgIpc) is 3.24. The summed E-state index contributed by atoms with van der Waals surface area (Å²) in [6.45, 7) is 6.21. The van der Waals surface area contributed by atoms with Gasteiger partial charge in [-0.25, -0.2) is 0 Å². The zero-order valence-corrected chi connectivity index (χ0v) is 16.6. The molecule has 3 heterocycles. The number of fused-ring (bicyclic) bond motifs is 2. The smallest absolute Gasteiger partial charge is 0.225 e. The lowest BCUT2D eigenvalue weighted by Crippen LogP contribution is -2.62. The van der Waals surface area contributed by atoms with Crippen LogP contribution in [0.4, 0.5) is 0 Å². The van der Waals surface area contributed by atoms with E-state index in [1.54, 1.807) is 6.92 Å². The minimum Gasteiger partial charge on any atom is -0.388 e. The summed E-state index contributed by atoms with van der Waals surface area (Å²) in [5.41, 5.74) is 4.01. The van der Waals surface area contributed by atoms with Crippen LogP contribution in [0, 0.1) is 6.92 Å². The topological polar surface area (TPSA) is 79.2 Å². The van der Waals surface area contributed by atoms with Crippen molar-refractivity contribution in [2.45, 2.75) is 70.4 Å². The minimum absolute atomic E-state index is 0.308. The van der Waals surface area contributed by atoms with Crippen molar-refractivity contribution in [3.05, 3.63) is 56.3 Å². The lowest BCUT2D eigenvalue weighted by Gasteiger charge is -2.45. The molecule has 1 aromatic carbocycles. The van der Waals surface area contributed by atoms with Crippen LogP contribution in [0.1, 0.15) is 45.9 Å². The molecule has 4 rings (SSSR count). The van der Waals surface area contributed by atoms with Crippen LogP contribution in [0.2, 0.25) is 0 Å². The number of aliphatic hydroxyl groups is 3. The average molecular weight is 391 g/mol. The molecule has 2 aromatic rings. The third-order valence-electron chi connectivity index (χ3n) is 5.71. The molecule has 3 N–H and O–H groups in total. The van der Waals surface area contributed by atoms with E-state index in [0.29, 0.717) is 6.61 Å². The lowest BCUT2D eigenvalue weighted by molar-refractivity contribution is -0.362. The Morgan fingerprint density at radius 1 is 1.15 bits per heavy atom. The van der Waals surface area contributed by atoms with Gasteiger partial charge in [-0.15, -0.1) is 11.3 Å². The molecular weight excluding hydrogens is 364 g/mol. The highest BCUT2D eigenvalue weighted by Crippen LogP contribution is 2.46. The number of hydrogen-bond donors (Lipinski definition) is 3. The van der Waals surface area contributed by atoms with Crippen LogP contribution >= 0.6 is 11.3 Å². The number of rotatable bonds is 3. The molecule has 0 amide bonds. The molecule has 2 aliphatic heterocycles. The molecule has 146 valence electrons. The Balaban J connectivity index is 1.72. The fourth-order valence-electron chi connectivity index (χ4n) is 4.05. The molecule has 0 bridgehead atoms. The molecule has 1 spiro atoms. The van der Waals surface area contributed by atoms with Crippen molar-refractivity contribution >= 4 is 11.3 Å². The monoisotopic (exact) mass is 390 g/mol. The molecule has 1 aromatic heterocycles. The Kier molecular flexibility index (Phi) is 4.91. The highest BCUT2D eigenvalue weighted by atomic mass is 32.1. The van der Waals surface area contributed by atoms with Crippen molar-refractivity contribution < 1.29 is 24.8 Å². The molecule has 27 heavy (non-hydrogen) atoms. The SMILES string of the molecule is CCc1ccc(Cc2cc3c(cc2C)CO[C@]32O[C@H](C)[C@@H](O)[C@H](O)[C@H]2O)s1. The maximum absolute atomic E-state index is 10.7. The van der Waals surface area contributed by atoms with E-state index in [9.17, 15) is 15.3 Å². The number of aryl methyl sites for hydroxylation is 2. The van der Waals surface area contributed by atoms with Crippen LogP contribution in [0.15, 0.2) is 24.3 Å². The van der Waals surface area contributed by atoms with E-state index < -0.39 is 30.2 Å². The Morgan fingerprint density at radius 2 is 1.89 bits per heavy atom. The molecule has 1 fully saturated rings. The van der Waals surface area contributed by atoms with Crippen LogP contribution < -0.4 is 0 Å². The molecule has 5 atom stereocenters. The predicted molar refractivity (Wildman–Crippen MR) is 103 cm³/mol. The summed E-state index contributed by atoms with van der Waals surface area (Å²) in [7, 11) is 0. The predicted octanol–water partition coefficient (Wildman–Crippen LogP) is 2.39. The quantitative estimate of drug-likeness (QED) is 0.750. The number of ether oxygens (including phenoxy) is 2. The van der Waals surface area contributed by atoms with Crippen molar-refractivity contribution in [2.75, 3.05) is 0 Å². The number of benzene rings is 1. The molecule has 2 aliphatic rings. The van der Waals surface area contributed by atoms with Gasteiger partial charge in [-0.1, -0.05) is 13.0 Å². The van der Waals surface area contributed by atoms with E-state index in [-0.39, 0.29) is 0 Å².